The average molecular weight is 775 g/mol. The maximum absolute atomic E-state index is 12.5. The molecule has 48 heavy (non-hydrogen) atoms. The van der Waals surface area contributed by atoms with Gasteiger partial charge in [-0.25, -0.2) is 9.59 Å². The van der Waals surface area contributed by atoms with Crippen molar-refractivity contribution in [1.29, 1.82) is 0 Å². The molecule has 4 N–H and O–H groups in total. The minimum atomic E-state index is -1.17. The Hall–Kier alpha value is -4.90. The number of hydrogen-bond donors (Lipinski definition) is 4. The normalized spacial score (nSPS) is 15.8. The van der Waals surface area contributed by atoms with Crippen LogP contribution in [0, 0.1) is 3.57 Å². The molecule has 0 spiro atoms. The van der Waals surface area contributed by atoms with Crippen LogP contribution in [0.5, 0.6) is 34.5 Å². The van der Waals surface area contributed by atoms with Crippen molar-refractivity contribution in [3.8, 4) is 34.5 Å². The van der Waals surface area contributed by atoms with Crippen LogP contribution in [-0.2, 0) is 16.1 Å². The van der Waals surface area contributed by atoms with E-state index in [0.29, 0.717) is 64.5 Å². The summed E-state index contributed by atoms with van der Waals surface area (Å²) in [5, 5.41) is 20.0. The number of carbonyl (C=O) groups excluding carboxylic acids is 2. The minimum absolute atomic E-state index is 0.166. The Labute approximate surface area is 290 Å². The van der Waals surface area contributed by atoms with Gasteiger partial charge in [0, 0.05) is 5.70 Å². The molecule has 0 aliphatic carbocycles. The highest BCUT2D eigenvalue weighted by Gasteiger charge is 2.32. The molecule has 5 rings (SSSR count). The Morgan fingerprint density at radius 3 is 2.67 bits per heavy atom. The summed E-state index contributed by atoms with van der Waals surface area (Å²) in [6.07, 6.45) is 0.374. The number of carbonyl (C=O) groups is 2. The van der Waals surface area contributed by atoms with E-state index < -0.39 is 24.3 Å². The number of nitrogens with one attached hydrogen (secondary N) is 3. The Kier molecular flexibility index (Phi) is 11.3. The summed E-state index contributed by atoms with van der Waals surface area (Å²) in [7, 11) is 2.83. The Morgan fingerprint density at radius 2 is 1.90 bits per heavy atom. The average Bonchev–Trinajstić information content (AvgIpc) is 3.54. The second-order valence-electron chi connectivity index (χ2n) is 10.4. The Balaban J connectivity index is 1.19. The number of esters is 1. The highest BCUT2D eigenvalue weighted by atomic mass is 127. The van der Waals surface area contributed by atoms with Crippen LogP contribution in [0.15, 0.2) is 64.9 Å². The molecule has 3 aromatic rings. The molecule has 2 amide bonds. The maximum Gasteiger partial charge on any atom is 0.337 e. The number of urea groups is 1. The molecule has 15 heteroatoms. The molecule has 2 aliphatic rings. The number of benzene rings is 3. The first-order chi connectivity index (χ1) is 23.2. The highest BCUT2D eigenvalue weighted by Crippen LogP contribution is 2.37. The summed E-state index contributed by atoms with van der Waals surface area (Å²) in [6.45, 7) is 4.11. The predicted molar refractivity (Wildman–Crippen MR) is 182 cm³/mol. The number of hydrogen-bond acceptors (Lipinski definition) is 12. The maximum atomic E-state index is 12.5. The lowest BCUT2D eigenvalue weighted by atomic mass is 9.95. The van der Waals surface area contributed by atoms with E-state index in [0.717, 1.165) is 9.13 Å². The standard InChI is InChI=1S/C33H35IN4O10/c1-5-44-26-13-21(30-29(32(40)43-4)18(2)36-33(41)37-30)7-9-23(26)45-16-28(39)38-35-14-20-10-22(34)31(27(12-20)42-3)46-15-19-6-8-24-25(11-19)48-17-47-24/h6-14,28,30,38-39H,5,15-17H2,1-4H3,(H2,36,37,41)/b35-14-/t28-,30+/m0/s1. The van der Waals surface area contributed by atoms with Gasteiger partial charge in [0.05, 0.1) is 42.2 Å². The van der Waals surface area contributed by atoms with Crippen molar-refractivity contribution in [3.05, 3.63) is 80.1 Å². The van der Waals surface area contributed by atoms with E-state index in [-0.39, 0.29) is 19.0 Å². The third kappa shape index (κ3) is 8.14. The first-order valence-electron chi connectivity index (χ1n) is 14.8. The molecule has 0 fully saturated rings. The summed E-state index contributed by atoms with van der Waals surface area (Å²) < 4.78 is 39.8. The van der Waals surface area contributed by atoms with Crippen LogP contribution in [0.4, 0.5) is 4.79 Å². The summed E-state index contributed by atoms with van der Waals surface area (Å²) in [5.74, 6) is 2.63. The fourth-order valence-electron chi connectivity index (χ4n) is 4.96. The van der Waals surface area contributed by atoms with Crippen LogP contribution >= 0.6 is 22.6 Å². The van der Waals surface area contributed by atoms with Crippen molar-refractivity contribution >= 4 is 40.8 Å². The number of rotatable bonds is 14. The van der Waals surface area contributed by atoms with E-state index in [1.165, 1.54) is 13.3 Å². The second kappa shape index (κ2) is 15.8. The molecule has 0 aromatic heterocycles. The molecule has 0 bridgehead atoms. The smallest absolute Gasteiger partial charge is 0.337 e. The molecule has 254 valence electrons. The third-order valence-electron chi connectivity index (χ3n) is 7.18. The number of hydrazone groups is 1. The van der Waals surface area contributed by atoms with Crippen LogP contribution < -0.4 is 44.5 Å². The van der Waals surface area contributed by atoms with Gasteiger partial charge < -0.3 is 48.9 Å². The van der Waals surface area contributed by atoms with E-state index in [4.69, 9.17) is 33.2 Å². The van der Waals surface area contributed by atoms with E-state index in [1.54, 1.807) is 38.3 Å². The third-order valence-corrected chi connectivity index (χ3v) is 7.98. The topological polar surface area (TPSA) is 167 Å². The van der Waals surface area contributed by atoms with Gasteiger partial charge in [-0.2, -0.15) is 5.10 Å². The highest BCUT2D eigenvalue weighted by molar-refractivity contribution is 14.1. The largest absolute Gasteiger partial charge is 0.493 e. The fourth-order valence-corrected chi connectivity index (χ4v) is 5.74. The first kappa shape index (κ1) is 34.4. The van der Waals surface area contributed by atoms with Gasteiger partial charge in [-0.15, -0.1) is 0 Å². The minimum Gasteiger partial charge on any atom is -0.493 e. The van der Waals surface area contributed by atoms with Gasteiger partial charge in [0.25, 0.3) is 0 Å². The molecule has 2 atom stereocenters. The van der Waals surface area contributed by atoms with Crippen LogP contribution in [0.1, 0.15) is 36.6 Å². The molecule has 0 radical (unpaired) electrons. The number of nitrogens with zero attached hydrogens (tertiary/aromatic N) is 1. The fraction of sp³-hybridized carbons (Fsp3) is 0.303. The van der Waals surface area contributed by atoms with Crippen molar-refractivity contribution in [1.82, 2.24) is 16.1 Å². The number of amides is 2. The van der Waals surface area contributed by atoms with Gasteiger partial charge in [-0.1, -0.05) is 12.1 Å². The van der Waals surface area contributed by atoms with E-state index >= 15 is 0 Å². The van der Waals surface area contributed by atoms with Crippen LogP contribution in [0.3, 0.4) is 0 Å². The number of fused-ring (bicyclic) bond motifs is 1. The zero-order valence-electron chi connectivity index (χ0n) is 26.6. The first-order valence-corrected chi connectivity index (χ1v) is 15.9. The van der Waals surface area contributed by atoms with Gasteiger partial charge in [0.15, 0.2) is 40.7 Å². The zero-order valence-corrected chi connectivity index (χ0v) is 28.8. The summed E-state index contributed by atoms with van der Waals surface area (Å²) in [6, 6.07) is 13.1. The molecule has 0 unspecified atom stereocenters. The van der Waals surface area contributed by atoms with Crippen LogP contribution in [0.2, 0.25) is 0 Å². The lowest BCUT2D eigenvalue weighted by molar-refractivity contribution is -0.136. The molecule has 2 heterocycles. The lowest BCUT2D eigenvalue weighted by Gasteiger charge is -2.28. The number of allylic oxidation sites excluding steroid dienone is 1. The molecule has 0 saturated heterocycles. The van der Waals surface area contributed by atoms with Crippen molar-refractivity contribution in [2.45, 2.75) is 32.7 Å². The summed E-state index contributed by atoms with van der Waals surface area (Å²) in [4.78, 5) is 24.7. The molecular formula is C33H35IN4O10. The van der Waals surface area contributed by atoms with Crippen molar-refractivity contribution in [3.63, 3.8) is 0 Å². The van der Waals surface area contributed by atoms with Crippen molar-refractivity contribution < 1.29 is 47.9 Å². The van der Waals surface area contributed by atoms with Gasteiger partial charge in [-0.3, -0.25) is 5.43 Å². The number of ether oxygens (including phenoxy) is 7. The number of halogens is 1. The predicted octanol–water partition coefficient (Wildman–Crippen LogP) is 4.13. The molecule has 14 nitrogen and oxygen atoms in total. The van der Waals surface area contributed by atoms with E-state index in [9.17, 15) is 14.7 Å². The van der Waals surface area contributed by atoms with Crippen molar-refractivity contribution in [2.75, 3.05) is 34.2 Å². The number of aliphatic hydroxyl groups excluding tert-OH is 1. The monoisotopic (exact) mass is 774 g/mol. The summed E-state index contributed by atoms with van der Waals surface area (Å²) >= 11 is 2.16. The lowest BCUT2D eigenvalue weighted by Crippen LogP contribution is -2.45. The Morgan fingerprint density at radius 1 is 1.08 bits per heavy atom. The number of aliphatic hydroxyl groups is 1. The van der Waals surface area contributed by atoms with Gasteiger partial charge in [-0.05, 0) is 89.5 Å². The zero-order chi connectivity index (χ0) is 34.2. The van der Waals surface area contributed by atoms with E-state index in [1.807, 2.05) is 31.2 Å². The van der Waals surface area contributed by atoms with Crippen LogP contribution in [-0.4, -0.2) is 63.8 Å². The van der Waals surface area contributed by atoms with Gasteiger partial charge in [0.2, 0.25) is 6.79 Å². The summed E-state index contributed by atoms with van der Waals surface area (Å²) in [5.41, 5.74) is 5.50. The molecule has 3 aromatic carbocycles. The Bertz CT molecular complexity index is 1730. The van der Waals surface area contributed by atoms with Gasteiger partial charge in [0.1, 0.15) is 13.2 Å². The van der Waals surface area contributed by atoms with Gasteiger partial charge >= 0.3 is 12.0 Å². The van der Waals surface area contributed by atoms with Crippen LogP contribution in [0.25, 0.3) is 0 Å². The van der Waals surface area contributed by atoms with Crippen molar-refractivity contribution in [2.24, 2.45) is 5.10 Å². The van der Waals surface area contributed by atoms with E-state index in [2.05, 4.69) is 43.8 Å². The number of methoxy groups -OCH3 is 2. The molecular weight excluding hydrogens is 739 g/mol. The molecule has 0 saturated carbocycles. The quantitative estimate of drug-likeness (QED) is 0.0612. The molecule has 2 aliphatic heterocycles. The SMILES string of the molecule is CCOc1cc([C@H]2NC(=O)NC(C)=C2C(=O)OC)ccc1OC[C@H](O)N/N=C\c1cc(I)c(OCc2ccc3c(c2)OCO3)c(OC)c1. The second-order valence-corrected chi connectivity index (χ2v) is 11.6.